The molecule has 3 heterocycles. The van der Waals surface area contributed by atoms with Crippen LogP contribution in [0.4, 0.5) is 0 Å². The van der Waals surface area contributed by atoms with Crippen LogP contribution in [0.3, 0.4) is 0 Å². The number of likely N-dealkylation sites (tertiary alicyclic amines) is 2. The molecule has 1 aromatic heterocycles. The largest absolute Gasteiger partial charge is 0.392 e. The van der Waals surface area contributed by atoms with Crippen LogP contribution in [-0.2, 0) is 13.1 Å². The van der Waals surface area contributed by atoms with Gasteiger partial charge in [0.25, 0.3) is 0 Å². The molecule has 0 aliphatic carbocycles. The minimum Gasteiger partial charge on any atom is -0.392 e. The van der Waals surface area contributed by atoms with E-state index in [9.17, 15) is 5.11 Å². The van der Waals surface area contributed by atoms with E-state index in [2.05, 4.69) is 46.1 Å². The summed E-state index contributed by atoms with van der Waals surface area (Å²) in [6.45, 7) is 9.49. The lowest BCUT2D eigenvalue weighted by atomic mass is 9.71. The third-order valence-corrected chi connectivity index (χ3v) is 6.45. The van der Waals surface area contributed by atoms with Crippen molar-refractivity contribution in [3.8, 4) is 0 Å². The summed E-state index contributed by atoms with van der Waals surface area (Å²) >= 11 is 0. The van der Waals surface area contributed by atoms with E-state index in [1.807, 2.05) is 23.1 Å². The summed E-state index contributed by atoms with van der Waals surface area (Å²) in [7, 11) is 0. The number of benzene rings is 1. The highest BCUT2D eigenvalue weighted by Gasteiger charge is 2.41. The third kappa shape index (κ3) is 4.83. The fourth-order valence-electron chi connectivity index (χ4n) is 5.18. The summed E-state index contributed by atoms with van der Waals surface area (Å²) in [6.07, 6.45) is 8.28. The van der Waals surface area contributed by atoms with Gasteiger partial charge in [-0.05, 0) is 67.9 Å². The zero-order valence-corrected chi connectivity index (χ0v) is 17.1. The molecule has 152 valence electrons. The Kier molecular flexibility index (Phi) is 6.14. The summed E-state index contributed by atoms with van der Waals surface area (Å²) in [5.74, 6) is 0. The molecule has 5 heteroatoms. The highest BCUT2D eigenvalue weighted by Crippen LogP contribution is 2.40. The Morgan fingerprint density at radius 2 is 1.89 bits per heavy atom. The van der Waals surface area contributed by atoms with E-state index in [0.29, 0.717) is 5.41 Å². The molecule has 1 atom stereocenters. The van der Waals surface area contributed by atoms with Gasteiger partial charge < -0.3 is 10.0 Å². The number of aromatic nitrogens is 2. The van der Waals surface area contributed by atoms with Gasteiger partial charge in [0.2, 0.25) is 0 Å². The van der Waals surface area contributed by atoms with Crippen molar-refractivity contribution in [3.63, 3.8) is 0 Å². The first kappa shape index (κ1) is 19.6. The Labute approximate surface area is 169 Å². The molecule has 0 amide bonds. The number of rotatable bonds is 6. The first-order valence-electron chi connectivity index (χ1n) is 10.8. The molecule has 0 saturated carbocycles. The summed E-state index contributed by atoms with van der Waals surface area (Å²) in [6, 6.07) is 10.8. The van der Waals surface area contributed by atoms with Gasteiger partial charge in [-0.2, -0.15) is 5.10 Å². The lowest BCUT2D eigenvalue weighted by Crippen LogP contribution is -2.53. The quantitative estimate of drug-likeness (QED) is 0.834. The van der Waals surface area contributed by atoms with Crippen LogP contribution in [0.1, 0.15) is 43.7 Å². The van der Waals surface area contributed by atoms with E-state index in [1.54, 1.807) is 0 Å². The average Bonchev–Trinajstić information content (AvgIpc) is 3.17. The van der Waals surface area contributed by atoms with Crippen LogP contribution in [-0.4, -0.2) is 63.5 Å². The number of hydrogen-bond acceptors (Lipinski definition) is 4. The standard InChI is InChI=1S/C23H34N4O/c1-2-10-25-12-7-23(8-13-25)15-22(28)18-26(19-23)16-20-5-3-6-21(14-20)17-27-11-4-9-24-27/h3-6,9,11,14,22,28H,2,7-8,10,12-13,15-19H2,1H3. The fourth-order valence-corrected chi connectivity index (χ4v) is 5.18. The maximum atomic E-state index is 10.6. The van der Waals surface area contributed by atoms with E-state index in [1.165, 1.54) is 50.0 Å². The molecule has 28 heavy (non-hydrogen) atoms. The van der Waals surface area contributed by atoms with Crippen molar-refractivity contribution in [2.45, 2.75) is 51.8 Å². The minimum absolute atomic E-state index is 0.196. The topological polar surface area (TPSA) is 44.5 Å². The predicted molar refractivity (Wildman–Crippen MR) is 112 cm³/mol. The van der Waals surface area contributed by atoms with Gasteiger partial charge in [-0.25, -0.2) is 0 Å². The summed E-state index contributed by atoms with van der Waals surface area (Å²) in [4.78, 5) is 5.08. The molecule has 5 nitrogen and oxygen atoms in total. The SMILES string of the molecule is CCCN1CCC2(CC1)CC(O)CN(Cc1cccc(Cn3cccn3)c1)C2. The molecule has 1 N–H and O–H groups in total. The Hall–Kier alpha value is -1.69. The zero-order valence-electron chi connectivity index (χ0n) is 17.1. The first-order chi connectivity index (χ1) is 13.6. The molecule has 2 saturated heterocycles. The van der Waals surface area contributed by atoms with Crippen molar-refractivity contribution in [2.75, 3.05) is 32.7 Å². The van der Waals surface area contributed by atoms with E-state index in [4.69, 9.17) is 0 Å². The second-order valence-corrected chi connectivity index (χ2v) is 8.89. The number of aliphatic hydroxyl groups is 1. The fraction of sp³-hybridized carbons (Fsp3) is 0.609. The molecule has 4 rings (SSSR count). The predicted octanol–water partition coefficient (Wildman–Crippen LogP) is 2.99. The molecular weight excluding hydrogens is 348 g/mol. The zero-order chi connectivity index (χ0) is 19.4. The monoisotopic (exact) mass is 382 g/mol. The third-order valence-electron chi connectivity index (χ3n) is 6.45. The van der Waals surface area contributed by atoms with Crippen LogP contribution in [0.15, 0.2) is 42.7 Å². The Morgan fingerprint density at radius 1 is 1.11 bits per heavy atom. The maximum absolute atomic E-state index is 10.6. The van der Waals surface area contributed by atoms with Crippen LogP contribution >= 0.6 is 0 Å². The van der Waals surface area contributed by atoms with Gasteiger partial charge in [0.1, 0.15) is 0 Å². The summed E-state index contributed by atoms with van der Waals surface area (Å²) < 4.78 is 1.96. The van der Waals surface area contributed by atoms with Crippen LogP contribution < -0.4 is 0 Å². The van der Waals surface area contributed by atoms with Crippen LogP contribution in [0.5, 0.6) is 0 Å². The molecule has 0 radical (unpaired) electrons. The molecule has 2 aromatic rings. The molecule has 2 fully saturated rings. The van der Waals surface area contributed by atoms with Gasteiger partial charge in [-0.3, -0.25) is 9.58 Å². The highest BCUT2D eigenvalue weighted by atomic mass is 16.3. The maximum Gasteiger partial charge on any atom is 0.0673 e. The molecule has 0 bridgehead atoms. The Bertz CT molecular complexity index is 737. The average molecular weight is 383 g/mol. The number of hydrogen-bond donors (Lipinski definition) is 1. The van der Waals surface area contributed by atoms with E-state index in [0.717, 1.165) is 32.6 Å². The van der Waals surface area contributed by atoms with Crippen molar-refractivity contribution in [3.05, 3.63) is 53.9 Å². The Balaban J connectivity index is 1.39. The molecule has 2 aliphatic heterocycles. The van der Waals surface area contributed by atoms with Crippen LogP contribution in [0.2, 0.25) is 0 Å². The summed E-state index contributed by atoms with van der Waals surface area (Å²) in [5, 5.41) is 14.9. The van der Waals surface area contributed by atoms with Crippen molar-refractivity contribution in [2.24, 2.45) is 5.41 Å². The van der Waals surface area contributed by atoms with Gasteiger partial charge in [-0.1, -0.05) is 31.2 Å². The van der Waals surface area contributed by atoms with Gasteiger partial charge in [0.15, 0.2) is 0 Å². The van der Waals surface area contributed by atoms with E-state index >= 15 is 0 Å². The lowest BCUT2D eigenvalue weighted by Gasteiger charge is -2.49. The van der Waals surface area contributed by atoms with Crippen molar-refractivity contribution in [1.82, 2.24) is 19.6 Å². The smallest absolute Gasteiger partial charge is 0.0673 e. The van der Waals surface area contributed by atoms with Crippen molar-refractivity contribution < 1.29 is 5.11 Å². The Morgan fingerprint density at radius 3 is 2.61 bits per heavy atom. The van der Waals surface area contributed by atoms with Crippen molar-refractivity contribution in [1.29, 1.82) is 0 Å². The van der Waals surface area contributed by atoms with Gasteiger partial charge in [-0.15, -0.1) is 0 Å². The molecular formula is C23H34N4O. The van der Waals surface area contributed by atoms with Gasteiger partial charge in [0, 0.05) is 32.0 Å². The number of piperidine rings is 2. The van der Waals surface area contributed by atoms with Gasteiger partial charge in [0.05, 0.1) is 12.6 Å². The second kappa shape index (κ2) is 8.76. The summed E-state index contributed by atoms with van der Waals surface area (Å²) in [5.41, 5.74) is 2.91. The molecule has 1 unspecified atom stereocenters. The lowest BCUT2D eigenvalue weighted by molar-refractivity contribution is -0.0436. The first-order valence-corrected chi connectivity index (χ1v) is 10.8. The molecule has 1 spiro atoms. The second-order valence-electron chi connectivity index (χ2n) is 8.89. The van der Waals surface area contributed by atoms with E-state index in [-0.39, 0.29) is 6.10 Å². The van der Waals surface area contributed by atoms with Crippen molar-refractivity contribution >= 4 is 0 Å². The van der Waals surface area contributed by atoms with E-state index < -0.39 is 0 Å². The minimum atomic E-state index is -0.196. The van der Waals surface area contributed by atoms with Gasteiger partial charge >= 0.3 is 0 Å². The normalized spacial score (nSPS) is 23.3. The highest BCUT2D eigenvalue weighted by molar-refractivity contribution is 5.24. The number of β-amino-alcohol motifs (C(OH)–C–C–N with tert-alkyl or cyclic N) is 1. The number of nitrogens with zero attached hydrogens (tertiary/aromatic N) is 4. The number of aliphatic hydroxyl groups excluding tert-OH is 1. The molecule has 2 aliphatic rings. The molecule has 1 aromatic carbocycles. The van der Waals surface area contributed by atoms with Crippen LogP contribution in [0, 0.1) is 5.41 Å². The van der Waals surface area contributed by atoms with Crippen LogP contribution in [0.25, 0.3) is 0 Å².